The molecule has 10 aromatic carbocycles. The molecule has 0 atom stereocenters. The summed E-state index contributed by atoms with van der Waals surface area (Å²) in [6, 6.07) is 48.8. The standard InChI is InChI=1S/C54H33F7N2/c1-32-10-12-33(13-11-32)35-20-24-46(57)50(30-35)62(48-8-4-2-6-44(48)55)42-26-37-14-16-39-28-43(29-40-17-15-38(27-42)52(37)53(39)40)63(49-9-5-3-7-45(49)56)51-31-36(21-25-47(51)58)34-18-22-41(23-19-34)54(59,60)61/h2-31H,1H3. The van der Waals surface area contributed by atoms with Gasteiger partial charge in [0.15, 0.2) is 0 Å². The van der Waals surface area contributed by atoms with Gasteiger partial charge in [-0.15, -0.1) is 0 Å². The number of aryl methyl sites for hydroxylation is 1. The third kappa shape index (κ3) is 7.15. The number of hydrogen-bond acceptors (Lipinski definition) is 2. The van der Waals surface area contributed by atoms with Crippen molar-refractivity contribution in [2.75, 3.05) is 9.80 Å². The minimum absolute atomic E-state index is 0.0122. The molecule has 0 aliphatic rings. The van der Waals surface area contributed by atoms with E-state index in [2.05, 4.69) is 0 Å². The van der Waals surface area contributed by atoms with E-state index in [1.165, 1.54) is 65.6 Å². The number of rotatable bonds is 8. The molecule has 9 heteroatoms. The smallest absolute Gasteiger partial charge is 0.305 e. The van der Waals surface area contributed by atoms with Crippen molar-refractivity contribution in [3.05, 3.63) is 216 Å². The van der Waals surface area contributed by atoms with Crippen molar-refractivity contribution in [3.8, 4) is 22.3 Å². The number of alkyl halides is 3. The first kappa shape index (κ1) is 39.5. The molecule has 0 aromatic heterocycles. The molecule has 10 rings (SSSR count). The van der Waals surface area contributed by atoms with E-state index in [9.17, 15) is 13.2 Å². The average Bonchev–Trinajstić information content (AvgIpc) is 3.28. The highest BCUT2D eigenvalue weighted by Gasteiger charge is 2.30. The largest absolute Gasteiger partial charge is 0.416 e. The van der Waals surface area contributed by atoms with Gasteiger partial charge in [0, 0.05) is 11.4 Å². The second kappa shape index (κ2) is 15.4. The third-order valence-corrected chi connectivity index (χ3v) is 11.5. The summed E-state index contributed by atoms with van der Waals surface area (Å²) in [6.45, 7) is 1.99. The molecular formula is C54H33F7N2. The van der Waals surface area contributed by atoms with Crippen molar-refractivity contribution in [2.45, 2.75) is 13.1 Å². The molecular weight excluding hydrogens is 810 g/mol. The number of para-hydroxylation sites is 2. The molecule has 0 bridgehead atoms. The number of anilines is 6. The molecule has 0 radical (unpaired) electrons. The highest BCUT2D eigenvalue weighted by molar-refractivity contribution is 6.24. The number of benzene rings is 10. The Morgan fingerprint density at radius 3 is 1.08 bits per heavy atom. The highest BCUT2D eigenvalue weighted by Crippen LogP contribution is 2.47. The Morgan fingerprint density at radius 1 is 0.349 bits per heavy atom. The molecule has 0 fully saturated rings. The quantitative estimate of drug-likeness (QED) is 0.111. The topological polar surface area (TPSA) is 6.48 Å². The van der Waals surface area contributed by atoms with E-state index >= 15 is 17.6 Å². The summed E-state index contributed by atoms with van der Waals surface area (Å²) < 4.78 is 104. The predicted molar refractivity (Wildman–Crippen MR) is 240 cm³/mol. The fourth-order valence-corrected chi connectivity index (χ4v) is 8.47. The SMILES string of the molecule is Cc1ccc(-c2ccc(F)c(N(c3cc4ccc5cc(N(c6ccccc6F)c6cc(-c7ccc(C(F)(F)F)cc7)ccc6F)cc6ccc(c3)c4c56)c3ccccc3F)c2)cc1. The van der Waals surface area contributed by atoms with Crippen LogP contribution in [0.5, 0.6) is 0 Å². The molecule has 0 saturated heterocycles. The Balaban J connectivity index is 1.12. The Kier molecular flexibility index (Phi) is 9.63. The van der Waals surface area contributed by atoms with E-state index in [4.69, 9.17) is 0 Å². The molecule has 2 nitrogen and oxygen atoms in total. The average molecular weight is 843 g/mol. The van der Waals surface area contributed by atoms with E-state index in [1.54, 1.807) is 41.3 Å². The minimum Gasteiger partial charge on any atom is -0.305 e. The van der Waals surface area contributed by atoms with Crippen LogP contribution in [0.15, 0.2) is 182 Å². The number of nitrogens with zero attached hydrogens (tertiary/aromatic N) is 2. The second-order valence-electron chi connectivity index (χ2n) is 15.5. The van der Waals surface area contributed by atoms with E-state index in [-0.39, 0.29) is 22.7 Å². The lowest BCUT2D eigenvalue weighted by Crippen LogP contribution is -2.14. The molecule has 63 heavy (non-hydrogen) atoms. The second-order valence-corrected chi connectivity index (χ2v) is 15.5. The monoisotopic (exact) mass is 842 g/mol. The van der Waals surface area contributed by atoms with Crippen LogP contribution in [0.4, 0.5) is 64.9 Å². The van der Waals surface area contributed by atoms with Gasteiger partial charge in [-0.25, -0.2) is 17.6 Å². The maximum Gasteiger partial charge on any atom is 0.416 e. The molecule has 0 spiro atoms. The minimum atomic E-state index is -4.52. The van der Waals surface area contributed by atoms with Crippen molar-refractivity contribution < 1.29 is 30.7 Å². The number of hydrogen-bond donors (Lipinski definition) is 0. The summed E-state index contributed by atoms with van der Waals surface area (Å²) >= 11 is 0. The maximum absolute atomic E-state index is 16.1. The van der Waals surface area contributed by atoms with Gasteiger partial charge in [0.1, 0.15) is 23.3 Å². The van der Waals surface area contributed by atoms with Gasteiger partial charge in [0.25, 0.3) is 0 Å². The van der Waals surface area contributed by atoms with Crippen LogP contribution in [0, 0.1) is 30.2 Å². The Bertz CT molecular complexity index is 3280. The Morgan fingerprint density at radius 2 is 0.698 bits per heavy atom. The maximum atomic E-state index is 16.1. The lowest BCUT2D eigenvalue weighted by Gasteiger charge is -2.28. The van der Waals surface area contributed by atoms with Gasteiger partial charge in [-0.1, -0.05) is 103 Å². The molecule has 0 saturated carbocycles. The molecule has 0 N–H and O–H groups in total. The number of halogens is 7. The lowest BCUT2D eigenvalue weighted by molar-refractivity contribution is -0.137. The van der Waals surface area contributed by atoms with Crippen molar-refractivity contribution in [2.24, 2.45) is 0 Å². The zero-order valence-corrected chi connectivity index (χ0v) is 33.4. The van der Waals surface area contributed by atoms with Crippen LogP contribution in [-0.4, -0.2) is 0 Å². The molecule has 0 heterocycles. The predicted octanol–water partition coefficient (Wildman–Crippen LogP) is 16.7. The molecule has 0 unspecified atom stereocenters. The van der Waals surface area contributed by atoms with Gasteiger partial charge in [0.2, 0.25) is 0 Å². The van der Waals surface area contributed by atoms with Crippen molar-refractivity contribution >= 4 is 66.4 Å². The first-order valence-corrected chi connectivity index (χ1v) is 20.1. The van der Waals surface area contributed by atoms with Crippen LogP contribution in [0.25, 0.3) is 54.6 Å². The summed E-state index contributed by atoms with van der Waals surface area (Å²) in [6.07, 6.45) is -4.52. The molecule has 308 valence electrons. The van der Waals surface area contributed by atoms with E-state index in [0.717, 1.165) is 61.1 Å². The van der Waals surface area contributed by atoms with Crippen molar-refractivity contribution in [1.29, 1.82) is 0 Å². The summed E-state index contributed by atoms with van der Waals surface area (Å²) in [5, 5.41) is 4.87. The first-order chi connectivity index (χ1) is 30.4. The fraction of sp³-hybridized carbons (Fsp3) is 0.0370. The van der Waals surface area contributed by atoms with Crippen molar-refractivity contribution in [3.63, 3.8) is 0 Å². The van der Waals surface area contributed by atoms with Crippen LogP contribution in [0.2, 0.25) is 0 Å². The van der Waals surface area contributed by atoms with Gasteiger partial charge in [-0.3, -0.25) is 0 Å². The summed E-state index contributed by atoms with van der Waals surface area (Å²) in [5.41, 5.74) is 4.11. The first-order valence-electron chi connectivity index (χ1n) is 20.1. The molecule has 0 aliphatic carbocycles. The van der Waals surface area contributed by atoms with Crippen LogP contribution >= 0.6 is 0 Å². The highest BCUT2D eigenvalue weighted by atomic mass is 19.4. The van der Waals surface area contributed by atoms with Gasteiger partial charge >= 0.3 is 6.18 Å². The zero-order valence-electron chi connectivity index (χ0n) is 33.4. The van der Waals surface area contributed by atoms with Gasteiger partial charge in [-0.2, -0.15) is 13.2 Å². The van der Waals surface area contributed by atoms with Gasteiger partial charge in [0.05, 0.1) is 28.3 Å². The van der Waals surface area contributed by atoms with Crippen LogP contribution in [0.3, 0.4) is 0 Å². The van der Waals surface area contributed by atoms with Gasteiger partial charge < -0.3 is 9.80 Å². The van der Waals surface area contributed by atoms with Crippen LogP contribution in [0.1, 0.15) is 11.1 Å². The molecule has 0 amide bonds. The summed E-state index contributed by atoms with van der Waals surface area (Å²) in [7, 11) is 0. The fourth-order valence-electron chi connectivity index (χ4n) is 8.47. The van der Waals surface area contributed by atoms with Gasteiger partial charge in [-0.05, 0) is 146 Å². The normalized spacial score (nSPS) is 11.8. The molecule has 10 aromatic rings. The van der Waals surface area contributed by atoms with E-state index in [0.29, 0.717) is 22.5 Å². The van der Waals surface area contributed by atoms with E-state index < -0.39 is 35.0 Å². The summed E-state index contributed by atoms with van der Waals surface area (Å²) in [5.74, 6) is -2.36. The Labute approximate surface area is 357 Å². The zero-order chi connectivity index (χ0) is 43.6. The molecule has 0 aliphatic heterocycles. The lowest BCUT2D eigenvalue weighted by atomic mass is 9.92. The van der Waals surface area contributed by atoms with E-state index in [1.807, 2.05) is 79.7 Å². The van der Waals surface area contributed by atoms with Crippen LogP contribution < -0.4 is 9.80 Å². The third-order valence-electron chi connectivity index (χ3n) is 11.5. The summed E-state index contributed by atoms with van der Waals surface area (Å²) in [4.78, 5) is 3.06. The van der Waals surface area contributed by atoms with Crippen LogP contribution in [-0.2, 0) is 6.18 Å². The Hall–Kier alpha value is -7.65. The van der Waals surface area contributed by atoms with Crippen molar-refractivity contribution in [1.82, 2.24) is 0 Å².